The van der Waals surface area contributed by atoms with Crippen LogP contribution >= 0.6 is 22.9 Å². The number of aromatic nitrogens is 1. The van der Waals surface area contributed by atoms with Gasteiger partial charge in [0.15, 0.2) is 0 Å². The third-order valence-corrected chi connectivity index (χ3v) is 6.43. The van der Waals surface area contributed by atoms with Crippen molar-refractivity contribution in [2.75, 3.05) is 5.32 Å². The van der Waals surface area contributed by atoms with Gasteiger partial charge in [0.05, 0.1) is 16.7 Å². The molecular formula is C26H22ClFN2O4S. The summed E-state index contributed by atoms with van der Waals surface area (Å²) in [4.78, 5) is 26.4. The maximum absolute atomic E-state index is 14.6. The first-order valence-corrected chi connectivity index (χ1v) is 12.0. The van der Waals surface area contributed by atoms with E-state index in [2.05, 4.69) is 10.5 Å². The first kappa shape index (κ1) is 24.6. The normalized spacial score (nSPS) is 11.1. The van der Waals surface area contributed by atoms with E-state index in [4.69, 9.17) is 20.9 Å². The minimum absolute atomic E-state index is 0.0189. The number of carbonyl (C=O) groups excluding carboxylic acids is 2. The molecule has 0 aliphatic carbocycles. The van der Waals surface area contributed by atoms with Crippen LogP contribution in [0.15, 0.2) is 52.4 Å². The summed E-state index contributed by atoms with van der Waals surface area (Å²) < 4.78 is 25.2. The van der Waals surface area contributed by atoms with Crippen LogP contribution in [-0.4, -0.2) is 23.1 Å². The highest BCUT2D eigenvalue weighted by Crippen LogP contribution is 2.38. The fourth-order valence-corrected chi connectivity index (χ4v) is 4.78. The lowest BCUT2D eigenvalue weighted by Crippen LogP contribution is -2.17. The summed E-state index contributed by atoms with van der Waals surface area (Å²) in [5, 5.41) is 8.82. The quantitative estimate of drug-likeness (QED) is 0.274. The lowest BCUT2D eigenvalue weighted by molar-refractivity contribution is 0.0380. The summed E-state index contributed by atoms with van der Waals surface area (Å²) in [6.45, 7) is 7.01. The fourth-order valence-electron chi connectivity index (χ4n) is 3.57. The van der Waals surface area contributed by atoms with Gasteiger partial charge in [-0.2, -0.15) is 0 Å². The molecule has 4 aromatic rings. The van der Waals surface area contributed by atoms with Gasteiger partial charge in [0, 0.05) is 10.9 Å². The highest BCUT2D eigenvalue weighted by atomic mass is 35.5. The first-order valence-electron chi connectivity index (χ1n) is 10.8. The predicted molar refractivity (Wildman–Crippen MR) is 135 cm³/mol. The number of thiophene rings is 1. The molecule has 9 heteroatoms. The molecule has 0 unspecified atom stereocenters. The standard InChI is InChI=1S/C26H22ClFN2O4S/c1-13(2)33-26(32)21-17(16-10-8-14(3)9-11-16)12-35-25(21)29-24(31)20-15(4)34-30-23(20)22-18(27)6-5-7-19(22)28/h5-13H,1-4H3,(H,29,31). The predicted octanol–water partition coefficient (Wildman–Crippen LogP) is 7.30. The molecule has 1 amide bonds. The summed E-state index contributed by atoms with van der Waals surface area (Å²) in [5.41, 5.74) is 2.71. The zero-order valence-electron chi connectivity index (χ0n) is 19.4. The van der Waals surface area contributed by atoms with Crippen molar-refractivity contribution >= 4 is 39.8 Å². The van der Waals surface area contributed by atoms with Crippen molar-refractivity contribution in [3.05, 3.63) is 81.1 Å². The third kappa shape index (κ3) is 4.99. The van der Waals surface area contributed by atoms with Gasteiger partial charge in [-0.25, -0.2) is 9.18 Å². The molecule has 0 spiro atoms. The Morgan fingerprint density at radius 2 is 1.83 bits per heavy atom. The van der Waals surface area contributed by atoms with E-state index in [-0.39, 0.29) is 39.3 Å². The summed E-state index contributed by atoms with van der Waals surface area (Å²) in [6.07, 6.45) is -0.355. The van der Waals surface area contributed by atoms with Crippen LogP contribution in [0.5, 0.6) is 0 Å². The van der Waals surface area contributed by atoms with E-state index in [1.807, 2.05) is 31.2 Å². The lowest BCUT2D eigenvalue weighted by atomic mass is 10.0. The van der Waals surface area contributed by atoms with E-state index in [0.29, 0.717) is 10.6 Å². The van der Waals surface area contributed by atoms with Crippen molar-refractivity contribution in [2.24, 2.45) is 0 Å². The molecule has 4 rings (SSSR count). The SMILES string of the molecule is Cc1ccc(-c2csc(NC(=O)c3c(-c4c(F)cccc4Cl)noc3C)c2C(=O)OC(C)C)cc1. The van der Waals surface area contributed by atoms with E-state index in [1.165, 1.54) is 29.5 Å². The number of anilines is 1. The Kier molecular flexibility index (Phi) is 7.05. The van der Waals surface area contributed by atoms with Crippen LogP contribution in [0.1, 0.15) is 45.9 Å². The molecule has 2 aromatic heterocycles. The summed E-state index contributed by atoms with van der Waals surface area (Å²) in [7, 11) is 0. The van der Waals surface area contributed by atoms with Crippen molar-refractivity contribution in [2.45, 2.75) is 33.8 Å². The van der Waals surface area contributed by atoms with Crippen LogP contribution in [0.2, 0.25) is 5.02 Å². The molecule has 6 nitrogen and oxygen atoms in total. The molecule has 1 N–H and O–H groups in total. The second kappa shape index (κ2) is 10.0. The Hall–Kier alpha value is -3.49. The maximum atomic E-state index is 14.6. The number of amides is 1. The summed E-state index contributed by atoms with van der Waals surface area (Å²) >= 11 is 7.38. The number of aryl methyl sites for hydroxylation is 2. The second-order valence-electron chi connectivity index (χ2n) is 8.19. The number of halogens is 2. The highest BCUT2D eigenvalue weighted by Gasteiger charge is 2.29. The second-order valence-corrected chi connectivity index (χ2v) is 9.47. The van der Waals surface area contributed by atoms with Crippen LogP contribution < -0.4 is 5.32 Å². The molecule has 0 radical (unpaired) electrons. The minimum atomic E-state index is -0.640. The van der Waals surface area contributed by atoms with Gasteiger partial charge in [-0.05, 0) is 45.4 Å². The van der Waals surface area contributed by atoms with Gasteiger partial charge in [0.1, 0.15) is 33.4 Å². The minimum Gasteiger partial charge on any atom is -0.459 e. The van der Waals surface area contributed by atoms with Crippen LogP contribution in [0.3, 0.4) is 0 Å². The Morgan fingerprint density at radius 1 is 1.11 bits per heavy atom. The van der Waals surface area contributed by atoms with Gasteiger partial charge in [0.2, 0.25) is 0 Å². The lowest BCUT2D eigenvalue weighted by Gasteiger charge is -2.12. The van der Waals surface area contributed by atoms with E-state index >= 15 is 0 Å². The first-order chi connectivity index (χ1) is 16.7. The van der Waals surface area contributed by atoms with E-state index in [1.54, 1.807) is 26.2 Å². The monoisotopic (exact) mass is 512 g/mol. The van der Waals surface area contributed by atoms with Crippen LogP contribution in [0.25, 0.3) is 22.4 Å². The number of carbonyl (C=O) groups is 2. The van der Waals surface area contributed by atoms with E-state index in [9.17, 15) is 14.0 Å². The van der Waals surface area contributed by atoms with Crippen LogP contribution in [0, 0.1) is 19.7 Å². The number of benzene rings is 2. The third-order valence-electron chi connectivity index (χ3n) is 5.22. The molecule has 0 aliphatic heterocycles. The zero-order valence-corrected chi connectivity index (χ0v) is 21.0. The van der Waals surface area contributed by atoms with Gasteiger partial charge >= 0.3 is 5.97 Å². The van der Waals surface area contributed by atoms with Crippen molar-refractivity contribution in [1.29, 1.82) is 0 Å². The Bertz CT molecular complexity index is 1390. The van der Waals surface area contributed by atoms with Crippen LogP contribution in [-0.2, 0) is 4.74 Å². The number of hydrogen-bond acceptors (Lipinski definition) is 6. The average molecular weight is 513 g/mol. The number of rotatable bonds is 6. The molecule has 0 saturated heterocycles. The Balaban J connectivity index is 1.76. The molecule has 180 valence electrons. The van der Waals surface area contributed by atoms with Crippen molar-refractivity contribution in [3.8, 4) is 22.4 Å². The molecule has 0 fully saturated rings. The van der Waals surface area contributed by atoms with Crippen LogP contribution in [0.4, 0.5) is 9.39 Å². The van der Waals surface area contributed by atoms with Gasteiger partial charge in [-0.1, -0.05) is 52.7 Å². The Labute approximate surface area is 210 Å². The van der Waals surface area contributed by atoms with Gasteiger partial charge in [-0.3, -0.25) is 4.79 Å². The molecule has 2 aromatic carbocycles. The largest absolute Gasteiger partial charge is 0.459 e. The molecule has 0 aliphatic rings. The van der Waals surface area contributed by atoms with E-state index in [0.717, 1.165) is 11.1 Å². The summed E-state index contributed by atoms with van der Waals surface area (Å²) in [5.74, 6) is -1.64. The molecule has 0 bridgehead atoms. The molecule has 2 heterocycles. The number of nitrogens with one attached hydrogen (secondary N) is 1. The summed E-state index contributed by atoms with van der Waals surface area (Å²) in [6, 6.07) is 11.9. The highest BCUT2D eigenvalue weighted by molar-refractivity contribution is 7.15. The maximum Gasteiger partial charge on any atom is 0.342 e. The number of nitrogens with zero attached hydrogens (tertiary/aromatic N) is 1. The average Bonchev–Trinajstić information content (AvgIpc) is 3.37. The molecule has 35 heavy (non-hydrogen) atoms. The van der Waals surface area contributed by atoms with Gasteiger partial charge < -0.3 is 14.6 Å². The number of ether oxygens (including phenoxy) is 1. The molecule has 0 atom stereocenters. The molecular weight excluding hydrogens is 491 g/mol. The van der Waals surface area contributed by atoms with Crippen molar-refractivity contribution < 1.29 is 23.2 Å². The fraction of sp³-hybridized carbons (Fsp3) is 0.192. The smallest absolute Gasteiger partial charge is 0.342 e. The van der Waals surface area contributed by atoms with Crippen molar-refractivity contribution in [3.63, 3.8) is 0 Å². The van der Waals surface area contributed by atoms with E-state index < -0.39 is 17.7 Å². The van der Waals surface area contributed by atoms with Crippen molar-refractivity contribution in [1.82, 2.24) is 5.16 Å². The molecule has 0 saturated carbocycles. The topological polar surface area (TPSA) is 81.4 Å². The number of hydrogen-bond donors (Lipinski definition) is 1. The zero-order chi connectivity index (χ0) is 25.3. The van der Waals surface area contributed by atoms with Gasteiger partial charge in [-0.15, -0.1) is 11.3 Å². The number of esters is 1. The Morgan fingerprint density at radius 3 is 2.49 bits per heavy atom. The van der Waals surface area contributed by atoms with Gasteiger partial charge in [0.25, 0.3) is 5.91 Å².